The maximum atomic E-state index is 13.0. The summed E-state index contributed by atoms with van der Waals surface area (Å²) in [4.78, 5) is 4.93. The van der Waals surface area contributed by atoms with Gasteiger partial charge in [-0.2, -0.15) is 5.10 Å². The molecule has 0 aliphatic rings. The molecule has 19 heavy (non-hydrogen) atoms. The lowest BCUT2D eigenvalue weighted by molar-refractivity contribution is 0.195. The number of aromatic nitrogens is 3. The maximum Gasteiger partial charge on any atom is 0.138 e. The van der Waals surface area contributed by atoms with Gasteiger partial charge in [0.2, 0.25) is 0 Å². The SMILES string of the molecule is CCn1ncnc1CC(O)CSc1cccc(F)c1. The molecule has 1 aromatic heterocycles. The van der Waals surface area contributed by atoms with E-state index in [1.165, 1.54) is 30.2 Å². The van der Waals surface area contributed by atoms with Crippen LogP contribution in [-0.2, 0) is 13.0 Å². The number of nitrogens with zero attached hydrogens (tertiary/aromatic N) is 3. The van der Waals surface area contributed by atoms with Gasteiger partial charge in [-0.25, -0.2) is 9.37 Å². The molecule has 2 aromatic rings. The third-order valence-electron chi connectivity index (χ3n) is 2.65. The molecule has 1 N–H and O–H groups in total. The van der Waals surface area contributed by atoms with Gasteiger partial charge < -0.3 is 5.11 Å². The predicted molar refractivity (Wildman–Crippen MR) is 72.5 cm³/mol. The zero-order chi connectivity index (χ0) is 13.7. The lowest BCUT2D eigenvalue weighted by Gasteiger charge is -2.10. The van der Waals surface area contributed by atoms with Crippen LogP contribution in [0.5, 0.6) is 0 Å². The van der Waals surface area contributed by atoms with Gasteiger partial charge in [0.05, 0.1) is 6.10 Å². The number of aryl methyl sites for hydroxylation is 1. The van der Waals surface area contributed by atoms with E-state index >= 15 is 0 Å². The molecular formula is C13H16FN3OS. The van der Waals surface area contributed by atoms with Crippen molar-refractivity contribution in [1.29, 1.82) is 0 Å². The van der Waals surface area contributed by atoms with Crippen molar-refractivity contribution in [1.82, 2.24) is 14.8 Å². The first-order valence-corrected chi connectivity index (χ1v) is 7.10. The number of aliphatic hydroxyl groups excluding tert-OH is 1. The predicted octanol–water partition coefficient (Wildman–Crippen LogP) is 2.13. The second-order valence-corrected chi connectivity index (χ2v) is 5.21. The summed E-state index contributed by atoms with van der Waals surface area (Å²) in [5.74, 6) is 1.01. The van der Waals surface area contributed by atoms with Crippen LogP contribution in [0.15, 0.2) is 35.5 Å². The average Bonchev–Trinajstić information content (AvgIpc) is 2.84. The van der Waals surface area contributed by atoms with Crippen molar-refractivity contribution in [3.8, 4) is 0 Å². The fourth-order valence-electron chi connectivity index (χ4n) is 1.73. The molecule has 0 bridgehead atoms. The number of benzene rings is 1. The average molecular weight is 281 g/mol. The first-order chi connectivity index (χ1) is 9.19. The fraction of sp³-hybridized carbons (Fsp3) is 0.385. The van der Waals surface area contributed by atoms with Crippen molar-refractivity contribution in [3.63, 3.8) is 0 Å². The molecule has 1 unspecified atom stereocenters. The highest BCUT2D eigenvalue weighted by molar-refractivity contribution is 7.99. The molecule has 0 saturated heterocycles. The quantitative estimate of drug-likeness (QED) is 0.824. The molecule has 0 saturated carbocycles. The highest BCUT2D eigenvalue weighted by atomic mass is 32.2. The first-order valence-electron chi connectivity index (χ1n) is 6.12. The summed E-state index contributed by atoms with van der Waals surface area (Å²) in [6, 6.07) is 6.36. The summed E-state index contributed by atoms with van der Waals surface area (Å²) in [6.45, 7) is 2.71. The van der Waals surface area contributed by atoms with Gasteiger partial charge >= 0.3 is 0 Å². The van der Waals surface area contributed by atoms with Gasteiger partial charge in [0, 0.05) is 23.6 Å². The van der Waals surface area contributed by atoms with E-state index in [9.17, 15) is 9.50 Å². The Morgan fingerprint density at radius 3 is 3.05 bits per heavy atom. The lowest BCUT2D eigenvalue weighted by atomic mass is 10.3. The second kappa shape index (κ2) is 6.68. The van der Waals surface area contributed by atoms with Gasteiger partial charge in [-0.15, -0.1) is 11.8 Å². The smallest absolute Gasteiger partial charge is 0.138 e. The largest absolute Gasteiger partial charge is 0.392 e. The van der Waals surface area contributed by atoms with Gasteiger partial charge in [-0.3, -0.25) is 4.68 Å². The third-order valence-corrected chi connectivity index (χ3v) is 3.79. The number of hydrogen-bond donors (Lipinski definition) is 1. The van der Waals surface area contributed by atoms with Crippen LogP contribution in [0.4, 0.5) is 4.39 Å². The minimum absolute atomic E-state index is 0.259. The van der Waals surface area contributed by atoms with E-state index in [0.29, 0.717) is 12.2 Å². The van der Waals surface area contributed by atoms with E-state index in [1.54, 1.807) is 10.7 Å². The Bertz CT molecular complexity index is 532. The summed E-state index contributed by atoms with van der Waals surface area (Å²) >= 11 is 1.43. The summed E-state index contributed by atoms with van der Waals surface area (Å²) in [5, 5.41) is 14.0. The number of thioether (sulfide) groups is 1. The molecule has 1 atom stereocenters. The van der Waals surface area contributed by atoms with Gasteiger partial charge in [0.15, 0.2) is 0 Å². The molecule has 2 rings (SSSR count). The highest BCUT2D eigenvalue weighted by Crippen LogP contribution is 2.20. The molecule has 0 aliphatic heterocycles. The monoisotopic (exact) mass is 281 g/mol. The molecular weight excluding hydrogens is 265 g/mol. The van der Waals surface area contributed by atoms with Crippen LogP contribution in [0.25, 0.3) is 0 Å². The minimum atomic E-state index is -0.525. The molecule has 6 heteroatoms. The van der Waals surface area contributed by atoms with Crippen molar-refractivity contribution in [2.45, 2.75) is 30.9 Å². The van der Waals surface area contributed by atoms with Crippen molar-refractivity contribution in [2.24, 2.45) is 0 Å². The van der Waals surface area contributed by atoms with Crippen LogP contribution in [-0.4, -0.2) is 31.7 Å². The molecule has 0 radical (unpaired) electrons. The van der Waals surface area contributed by atoms with Crippen molar-refractivity contribution < 1.29 is 9.50 Å². The minimum Gasteiger partial charge on any atom is -0.392 e. The molecule has 0 amide bonds. The molecule has 102 valence electrons. The Hall–Kier alpha value is -1.40. The van der Waals surface area contributed by atoms with Crippen LogP contribution in [0, 0.1) is 5.82 Å². The van der Waals surface area contributed by atoms with Crippen LogP contribution in [0.3, 0.4) is 0 Å². The molecule has 0 aliphatic carbocycles. The van der Waals surface area contributed by atoms with E-state index in [1.807, 2.05) is 13.0 Å². The van der Waals surface area contributed by atoms with Gasteiger partial charge in [-0.1, -0.05) is 6.07 Å². The Kier molecular flexibility index (Phi) is 4.93. The van der Waals surface area contributed by atoms with E-state index in [-0.39, 0.29) is 5.82 Å². The zero-order valence-electron chi connectivity index (χ0n) is 10.7. The normalized spacial score (nSPS) is 12.6. The number of hydrogen-bond acceptors (Lipinski definition) is 4. The number of halogens is 1. The molecule has 0 spiro atoms. The van der Waals surface area contributed by atoms with Crippen LogP contribution in [0.2, 0.25) is 0 Å². The van der Waals surface area contributed by atoms with E-state index in [0.717, 1.165) is 17.3 Å². The lowest BCUT2D eigenvalue weighted by Crippen LogP contribution is -2.17. The summed E-state index contributed by atoms with van der Waals surface area (Å²) in [5.41, 5.74) is 0. The topological polar surface area (TPSA) is 50.9 Å². The van der Waals surface area contributed by atoms with Gasteiger partial charge in [0.1, 0.15) is 18.0 Å². The summed E-state index contributed by atoms with van der Waals surface area (Å²) < 4.78 is 14.8. The van der Waals surface area contributed by atoms with Gasteiger partial charge in [0.25, 0.3) is 0 Å². The van der Waals surface area contributed by atoms with Crippen LogP contribution in [0.1, 0.15) is 12.7 Å². The van der Waals surface area contributed by atoms with Crippen LogP contribution < -0.4 is 0 Å². The van der Waals surface area contributed by atoms with Crippen LogP contribution >= 0.6 is 11.8 Å². The van der Waals surface area contributed by atoms with Gasteiger partial charge in [-0.05, 0) is 25.1 Å². The second-order valence-electron chi connectivity index (χ2n) is 4.12. The third kappa shape index (κ3) is 4.04. The van der Waals surface area contributed by atoms with E-state index < -0.39 is 6.10 Å². The van der Waals surface area contributed by atoms with E-state index in [4.69, 9.17) is 0 Å². The van der Waals surface area contributed by atoms with Crippen molar-refractivity contribution in [3.05, 3.63) is 42.2 Å². The Labute approximate surface area is 115 Å². The molecule has 4 nitrogen and oxygen atoms in total. The molecule has 0 fully saturated rings. The zero-order valence-corrected chi connectivity index (χ0v) is 11.5. The summed E-state index contributed by atoms with van der Waals surface area (Å²) in [7, 11) is 0. The summed E-state index contributed by atoms with van der Waals surface area (Å²) in [6.07, 6.45) is 1.42. The highest BCUT2D eigenvalue weighted by Gasteiger charge is 2.11. The van der Waals surface area contributed by atoms with E-state index in [2.05, 4.69) is 10.1 Å². The van der Waals surface area contributed by atoms with Crippen molar-refractivity contribution >= 4 is 11.8 Å². The Morgan fingerprint density at radius 1 is 1.47 bits per heavy atom. The Morgan fingerprint density at radius 2 is 2.32 bits per heavy atom. The Balaban J connectivity index is 1.86. The number of aliphatic hydroxyl groups is 1. The maximum absolute atomic E-state index is 13.0. The molecule has 1 heterocycles. The fourth-order valence-corrected chi connectivity index (χ4v) is 2.60. The first kappa shape index (κ1) is 14.0. The molecule has 1 aromatic carbocycles. The standard InChI is InChI=1S/C13H16FN3OS/c1-2-17-13(15-9-16-17)7-11(18)8-19-12-5-3-4-10(14)6-12/h3-6,9,11,18H,2,7-8H2,1H3. The number of rotatable bonds is 6. The van der Waals surface area contributed by atoms with Crippen molar-refractivity contribution in [2.75, 3.05) is 5.75 Å².